The average Bonchev–Trinajstić information content (AvgIpc) is 2.84. The Morgan fingerprint density at radius 1 is 1.39 bits per heavy atom. The number of nitrogens with zero attached hydrogens (tertiary/aromatic N) is 5. The second-order valence-corrected chi connectivity index (χ2v) is 4.81. The van der Waals surface area contributed by atoms with Crippen molar-refractivity contribution in [3.63, 3.8) is 0 Å². The quantitative estimate of drug-likeness (QED) is 0.821. The van der Waals surface area contributed by atoms with Crippen molar-refractivity contribution >= 4 is 11.5 Å². The fourth-order valence-electron chi connectivity index (χ4n) is 2.44. The Bertz CT molecular complexity index is 527. The summed E-state index contributed by atoms with van der Waals surface area (Å²) in [4.78, 5) is 0. The molecule has 2 heterocycles. The molecule has 2 aromatic heterocycles. The van der Waals surface area contributed by atoms with Crippen molar-refractivity contribution in [1.82, 2.24) is 25.3 Å². The summed E-state index contributed by atoms with van der Waals surface area (Å²) in [6, 6.07) is 3.69. The number of nitrogens with one attached hydrogen (secondary N) is 1. The fourth-order valence-corrected chi connectivity index (χ4v) is 2.44. The van der Waals surface area contributed by atoms with Crippen LogP contribution in [0.15, 0.2) is 12.1 Å². The van der Waals surface area contributed by atoms with Crippen molar-refractivity contribution in [3.8, 4) is 0 Å². The third kappa shape index (κ3) is 2.40. The van der Waals surface area contributed by atoms with Crippen molar-refractivity contribution < 1.29 is 5.11 Å². The van der Waals surface area contributed by atoms with E-state index in [2.05, 4.69) is 25.9 Å². The van der Waals surface area contributed by atoms with Gasteiger partial charge in [0.1, 0.15) is 5.82 Å². The molecule has 1 aliphatic carbocycles. The molecule has 0 amide bonds. The molecule has 0 aromatic carbocycles. The zero-order chi connectivity index (χ0) is 12.4. The van der Waals surface area contributed by atoms with E-state index in [-0.39, 0.29) is 6.10 Å². The molecule has 0 aliphatic heterocycles. The first kappa shape index (κ1) is 11.3. The van der Waals surface area contributed by atoms with Crippen molar-refractivity contribution in [2.45, 2.75) is 31.8 Å². The van der Waals surface area contributed by atoms with E-state index in [9.17, 15) is 5.11 Å². The summed E-state index contributed by atoms with van der Waals surface area (Å²) in [5, 5.41) is 28.2. The molecule has 0 bridgehead atoms. The van der Waals surface area contributed by atoms with Gasteiger partial charge in [-0.2, -0.15) is 0 Å². The molecule has 2 aromatic rings. The lowest BCUT2D eigenvalue weighted by Crippen LogP contribution is -2.25. The Morgan fingerprint density at radius 3 is 3.22 bits per heavy atom. The van der Waals surface area contributed by atoms with Crippen LogP contribution in [-0.2, 0) is 0 Å². The highest BCUT2D eigenvalue weighted by Gasteiger charge is 2.19. The first-order chi connectivity index (χ1) is 8.81. The summed E-state index contributed by atoms with van der Waals surface area (Å²) in [6.07, 6.45) is 3.94. The number of anilines is 1. The van der Waals surface area contributed by atoms with Crippen LogP contribution in [0.4, 0.5) is 5.82 Å². The molecule has 7 heteroatoms. The Kier molecular flexibility index (Phi) is 3.06. The standard InChI is InChI=1S/C11H16N6O/c18-9-3-1-2-8(6-9)7-12-10-4-5-11-13-15-16-17(11)14-10/h4-5,8-9,18H,1-3,6-7H2,(H,12,14). The van der Waals surface area contributed by atoms with Gasteiger partial charge in [0.15, 0.2) is 5.65 Å². The van der Waals surface area contributed by atoms with Gasteiger partial charge >= 0.3 is 0 Å². The topological polar surface area (TPSA) is 88.2 Å². The van der Waals surface area contributed by atoms with E-state index < -0.39 is 0 Å². The molecule has 1 aliphatic rings. The van der Waals surface area contributed by atoms with Gasteiger partial charge in [0.25, 0.3) is 0 Å². The number of aliphatic hydroxyl groups excluding tert-OH is 1. The van der Waals surface area contributed by atoms with Gasteiger partial charge in [0, 0.05) is 6.54 Å². The van der Waals surface area contributed by atoms with Crippen LogP contribution in [0, 0.1) is 5.92 Å². The molecule has 2 atom stereocenters. The molecule has 18 heavy (non-hydrogen) atoms. The first-order valence-electron chi connectivity index (χ1n) is 6.28. The van der Waals surface area contributed by atoms with E-state index in [1.165, 1.54) is 4.63 Å². The predicted molar refractivity (Wildman–Crippen MR) is 65.0 cm³/mol. The Morgan fingerprint density at radius 2 is 2.33 bits per heavy atom. The molecule has 1 fully saturated rings. The predicted octanol–water partition coefficient (Wildman–Crippen LogP) is 0.482. The molecule has 7 nitrogen and oxygen atoms in total. The lowest BCUT2D eigenvalue weighted by Gasteiger charge is -2.25. The van der Waals surface area contributed by atoms with Gasteiger partial charge in [-0.15, -0.1) is 14.8 Å². The van der Waals surface area contributed by atoms with Gasteiger partial charge < -0.3 is 10.4 Å². The highest BCUT2D eigenvalue weighted by Crippen LogP contribution is 2.24. The molecular formula is C11H16N6O. The molecule has 0 spiro atoms. The number of hydrogen-bond acceptors (Lipinski definition) is 6. The maximum atomic E-state index is 9.62. The summed E-state index contributed by atoms with van der Waals surface area (Å²) in [5.74, 6) is 1.27. The monoisotopic (exact) mass is 248 g/mol. The Labute approximate surface area is 104 Å². The van der Waals surface area contributed by atoms with Gasteiger partial charge in [-0.05, 0) is 47.7 Å². The van der Waals surface area contributed by atoms with Crippen LogP contribution in [-0.4, -0.2) is 43.0 Å². The maximum absolute atomic E-state index is 9.62. The largest absolute Gasteiger partial charge is 0.393 e. The summed E-state index contributed by atoms with van der Waals surface area (Å²) >= 11 is 0. The minimum atomic E-state index is -0.138. The molecule has 1 saturated carbocycles. The third-order valence-electron chi connectivity index (χ3n) is 3.40. The number of aliphatic hydroxyl groups is 1. The zero-order valence-electron chi connectivity index (χ0n) is 10.0. The number of tetrazole rings is 1. The van der Waals surface area contributed by atoms with Gasteiger partial charge in [-0.25, -0.2) is 0 Å². The van der Waals surface area contributed by atoms with Gasteiger partial charge in [-0.3, -0.25) is 0 Å². The van der Waals surface area contributed by atoms with E-state index in [1.54, 1.807) is 0 Å². The average molecular weight is 248 g/mol. The third-order valence-corrected chi connectivity index (χ3v) is 3.40. The lowest BCUT2D eigenvalue weighted by atomic mass is 9.87. The van der Waals surface area contributed by atoms with Gasteiger partial charge in [0.05, 0.1) is 6.10 Å². The maximum Gasteiger partial charge on any atom is 0.200 e. The number of fused-ring (bicyclic) bond motifs is 1. The second kappa shape index (κ2) is 4.85. The zero-order valence-corrected chi connectivity index (χ0v) is 10.0. The molecular weight excluding hydrogens is 232 g/mol. The number of hydrogen-bond donors (Lipinski definition) is 2. The molecule has 0 radical (unpaired) electrons. The van der Waals surface area contributed by atoms with Crippen LogP contribution in [0.3, 0.4) is 0 Å². The summed E-state index contributed by atoms with van der Waals surface area (Å²) in [7, 11) is 0. The Hall–Kier alpha value is -1.76. The minimum absolute atomic E-state index is 0.138. The van der Waals surface area contributed by atoms with Crippen LogP contribution in [0.5, 0.6) is 0 Å². The highest BCUT2D eigenvalue weighted by atomic mass is 16.3. The molecule has 96 valence electrons. The van der Waals surface area contributed by atoms with E-state index in [4.69, 9.17) is 0 Å². The normalized spacial score (nSPS) is 24.3. The minimum Gasteiger partial charge on any atom is -0.393 e. The van der Waals surface area contributed by atoms with Crippen molar-refractivity contribution in [3.05, 3.63) is 12.1 Å². The second-order valence-electron chi connectivity index (χ2n) is 4.81. The SMILES string of the molecule is OC1CCCC(CNc2ccc3nnnn3n2)C1. The summed E-state index contributed by atoms with van der Waals surface area (Å²) in [6.45, 7) is 0.831. The summed E-state index contributed by atoms with van der Waals surface area (Å²) in [5.41, 5.74) is 0.633. The smallest absolute Gasteiger partial charge is 0.200 e. The van der Waals surface area contributed by atoms with E-state index in [0.29, 0.717) is 11.6 Å². The van der Waals surface area contributed by atoms with Crippen LogP contribution >= 0.6 is 0 Å². The van der Waals surface area contributed by atoms with Crippen LogP contribution in [0.2, 0.25) is 0 Å². The van der Waals surface area contributed by atoms with Crippen molar-refractivity contribution in [2.24, 2.45) is 5.92 Å². The van der Waals surface area contributed by atoms with Gasteiger partial charge in [-0.1, -0.05) is 6.42 Å². The first-order valence-corrected chi connectivity index (χ1v) is 6.28. The molecule has 2 N–H and O–H groups in total. The van der Waals surface area contributed by atoms with E-state index in [1.807, 2.05) is 12.1 Å². The van der Waals surface area contributed by atoms with E-state index in [0.717, 1.165) is 38.0 Å². The van der Waals surface area contributed by atoms with Crippen molar-refractivity contribution in [1.29, 1.82) is 0 Å². The lowest BCUT2D eigenvalue weighted by molar-refractivity contribution is 0.104. The van der Waals surface area contributed by atoms with Crippen LogP contribution in [0.25, 0.3) is 5.65 Å². The molecule has 3 rings (SSSR count). The Balaban J connectivity index is 1.61. The van der Waals surface area contributed by atoms with E-state index >= 15 is 0 Å². The number of rotatable bonds is 3. The van der Waals surface area contributed by atoms with Crippen LogP contribution in [0.1, 0.15) is 25.7 Å². The fraction of sp³-hybridized carbons (Fsp3) is 0.636. The van der Waals surface area contributed by atoms with Crippen LogP contribution < -0.4 is 5.32 Å². The molecule has 2 unspecified atom stereocenters. The summed E-state index contributed by atoms with van der Waals surface area (Å²) < 4.78 is 1.40. The number of aromatic nitrogens is 5. The van der Waals surface area contributed by atoms with Crippen molar-refractivity contribution in [2.75, 3.05) is 11.9 Å². The molecule has 0 saturated heterocycles. The highest BCUT2D eigenvalue weighted by molar-refractivity contribution is 5.42. The van der Waals surface area contributed by atoms with Gasteiger partial charge in [0.2, 0.25) is 0 Å².